The molecular formula is C17H15ClF3N3O3S. The van der Waals surface area contributed by atoms with Gasteiger partial charge in [0.15, 0.2) is 0 Å². The van der Waals surface area contributed by atoms with Crippen molar-refractivity contribution in [2.75, 3.05) is 25.0 Å². The molecule has 0 aromatic heterocycles. The third kappa shape index (κ3) is 4.46. The van der Waals surface area contributed by atoms with E-state index in [2.05, 4.69) is 5.32 Å². The number of benzene rings is 2. The first-order valence-corrected chi connectivity index (χ1v) is 9.88. The average Bonchev–Trinajstić information content (AvgIpc) is 2.87. The first kappa shape index (κ1) is 20.6. The zero-order valence-electron chi connectivity index (χ0n) is 14.3. The van der Waals surface area contributed by atoms with Crippen LogP contribution in [-0.2, 0) is 21.5 Å². The normalized spacial score (nSPS) is 17.0. The minimum atomic E-state index is -3.96. The molecule has 6 nitrogen and oxygen atoms in total. The maximum absolute atomic E-state index is 13.6. The van der Waals surface area contributed by atoms with Gasteiger partial charge in [-0.2, -0.15) is 17.0 Å². The standard InChI is InChI=1S/C17H15ClF3N3O3S/c18-14-7-12(19)2-1-11(14)9-23-5-6-24(28(23,26)27)10-17(25)22-16-4-3-13(20)8-15(16)21/h1-4,7-8H,5-6,9-10H2,(H,22,25). The van der Waals surface area contributed by atoms with E-state index in [4.69, 9.17) is 11.6 Å². The number of rotatable bonds is 5. The summed E-state index contributed by atoms with van der Waals surface area (Å²) in [7, 11) is -3.96. The molecular weight excluding hydrogens is 419 g/mol. The van der Waals surface area contributed by atoms with Crippen molar-refractivity contribution >= 4 is 33.4 Å². The fourth-order valence-corrected chi connectivity index (χ4v) is 4.48. The summed E-state index contributed by atoms with van der Waals surface area (Å²) in [5.74, 6) is -3.07. The Hall–Kier alpha value is -2.14. The molecule has 1 aliphatic heterocycles. The van der Waals surface area contributed by atoms with Crippen molar-refractivity contribution in [2.45, 2.75) is 6.54 Å². The highest BCUT2D eigenvalue weighted by molar-refractivity contribution is 7.87. The van der Waals surface area contributed by atoms with Crippen LogP contribution in [0.1, 0.15) is 5.56 Å². The Kier molecular flexibility index (Phi) is 5.94. The van der Waals surface area contributed by atoms with Gasteiger partial charge in [0.1, 0.15) is 17.5 Å². The van der Waals surface area contributed by atoms with Crippen LogP contribution in [0, 0.1) is 17.5 Å². The molecule has 1 aliphatic rings. The summed E-state index contributed by atoms with van der Waals surface area (Å²) in [5, 5.41) is 2.31. The van der Waals surface area contributed by atoms with Crippen molar-refractivity contribution in [2.24, 2.45) is 0 Å². The van der Waals surface area contributed by atoms with Crippen LogP contribution < -0.4 is 5.32 Å². The van der Waals surface area contributed by atoms with E-state index in [1.807, 2.05) is 0 Å². The predicted molar refractivity (Wildman–Crippen MR) is 97.3 cm³/mol. The molecule has 150 valence electrons. The second-order valence-electron chi connectivity index (χ2n) is 6.08. The first-order chi connectivity index (χ1) is 13.2. The van der Waals surface area contributed by atoms with Crippen molar-refractivity contribution in [3.63, 3.8) is 0 Å². The number of hydrogen-bond acceptors (Lipinski definition) is 3. The number of nitrogens with zero attached hydrogens (tertiary/aromatic N) is 2. The quantitative estimate of drug-likeness (QED) is 0.788. The highest BCUT2D eigenvalue weighted by Crippen LogP contribution is 2.24. The maximum Gasteiger partial charge on any atom is 0.282 e. The Balaban J connectivity index is 1.66. The summed E-state index contributed by atoms with van der Waals surface area (Å²) in [5.41, 5.74) is 0.171. The summed E-state index contributed by atoms with van der Waals surface area (Å²) < 4.78 is 66.9. The second-order valence-corrected chi connectivity index (χ2v) is 8.42. The van der Waals surface area contributed by atoms with E-state index in [9.17, 15) is 26.4 Å². The molecule has 0 radical (unpaired) electrons. The third-order valence-electron chi connectivity index (χ3n) is 4.14. The van der Waals surface area contributed by atoms with Gasteiger partial charge in [-0.25, -0.2) is 13.2 Å². The molecule has 0 atom stereocenters. The first-order valence-electron chi connectivity index (χ1n) is 8.11. The number of carbonyl (C=O) groups is 1. The number of carbonyl (C=O) groups excluding carboxylic acids is 1. The summed E-state index contributed by atoms with van der Waals surface area (Å²) in [6.45, 7) is -0.465. The van der Waals surface area contributed by atoms with Gasteiger partial charge in [-0.15, -0.1) is 0 Å². The van der Waals surface area contributed by atoms with Crippen LogP contribution in [0.3, 0.4) is 0 Å². The van der Waals surface area contributed by atoms with E-state index in [1.54, 1.807) is 0 Å². The molecule has 2 aromatic carbocycles. The molecule has 0 spiro atoms. The lowest BCUT2D eigenvalue weighted by Crippen LogP contribution is -2.38. The van der Waals surface area contributed by atoms with Crippen LogP contribution in [-0.4, -0.2) is 42.6 Å². The molecule has 1 amide bonds. The molecule has 1 fully saturated rings. The fourth-order valence-electron chi connectivity index (χ4n) is 2.72. The van der Waals surface area contributed by atoms with Crippen molar-refractivity contribution in [1.82, 2.24) is 8.61 Å². The Morgan fingerprint density at radius 2 is 1.68 bits per heavy atom. The lowest BCUT2D eigenvalue weighted by Gasteiger charge is -2.19. The highest BCUT2D eigenvalue weighted by Gasteiger charge is 2.37. The lowest BCUT2D eigenvalue weighted by molar-refractivity contribution is -0.116. The molecule has 11 heteroatoms. The Bertz CT molecular complexity index is 1020. The molecule has 0 saturated carbocycles. The van der Waals surface area contributed by atoms with Gasteiger partial charge >= 0.3 is 0 Å². The lowest BCUT2D eigenvalue weighted by atomic mass is 10.2. The smallest absolute Gasteiger partial charge is 0.282 e. The predicted octanol–water partition coefficient (Wildman–Crippen LogP) is 2.76. The molecule has 0 bridgehead atoms. The summed E-state index contributed by atoms with van der Waals surface area (Å²) >= 11 is 5.94. The van der Waals surface area contributed by atoms with Gasteiger partial charge in [-0.05, 0) is 29.8 Å². The molecule has 2 aromatic rings. The maximum atomic E-state index is 13.6. The summed E-state index contributed by atoms with van der Waals surface area (Å²) in [4.78, 5) is 12.1. The number of amides is 1. The molecule has 28 heavy (non-hydrogen) atoms. The fraction of sp³-hybridized carbons (Fsp3) is 0.235. The number of anilines is 1. The second kappa shape index (κ2) is 8.08. The van der Waals surface area contributed by atoms with Crippen LogP contribution in [0.15, 0.2) is 36.4 Å². The van der Waals surface area contributed by atoms with E-state index >= 15 is 0 Å². The Morgan fingerprint density at radius 1 is 1.04 bits per heavy atom. The molecule has 1 N–H and O–H groups in total. The molecule has 1 heterocycles. The van der Waals surface area contributed by atoms with Crippen LogP contribution in [0.2, 0.25) is 5.02 Å². The van der Waals surface area contributed by atoms with Gasteiger partial charge in [-0.3, -0.25) is 4.79 Å². The van der Waals surface area contributed by atoms with E-state index in [-0.39, 0.29) is 30.3 Å². The minimum absolute atomic E-state index is 0.0421. The number of hydrogen-bond donors (Lipinski definition) is 1. The van der Waals surface area contributed by atoms with Crippen molar-refractivity contribution in [3.05, 3.63) is 64.4 Å². The number of halogens is 4. The largest absolute Gasteiger partial charge is 0.322 e. The van der Waals surface area contributed by atoms with Gasteiger partial charge in [0.05, 0.1) is 12.2 Å². The SMILES string of the molecule is O=C(CN1CCN(Cc2ccc(F)cc2Cl)S1(=O)=O)Nc1ccc(F)cc1F. The van der Waals surface area contributed by atoms with Crippen molar-refractivity contribution in [3.8, 4) is 0 Å². The van der Waals surface area contributed by atoms with Crippen LogP contribution in [0.5, 0.6) is 0 Å². The topological polar surface area (TPSA) is 69.7 Å². The molecule has 0 aliphatic carbocycles. The third-order valence-corrected chi connectivity index (χ3v) is 6.42. The highest BCUT2D eigenvalue weighted by atomic mass is 35.5. The van der Waals surface area contributed by atoms with Crippen LogP contribution >= 0.6 is 11.6 Å². The molecule has 0 unspecified atom stereocenters. The number of nitrogens with one attached hydrogen (secondary N) is 1. The van der Waals surface area contributed by atoms with E-state index in [1.165, 1.54) is 12.1 Å². The monoisotopic (exact) mass is 433 g/mol. The van der Waals surface area contributed by atoms with Crippen LogP contribution in [0.25, 0.3) is 0 Å². The van der Waals surface area contributed by atoms with Crippen molar-refractivity contribution < 1.29 is 26.4 Å². The van der Waals surface area contributed by atoms with Gasteiger partial charge in [0.2, 0.25) is 5.91 Å². The Morgan fingerprint density at radius 3 is 2.36 bits per heavy atom. The van der Waals surface area contributed by atoms with Crippen LogP contribution in [0.4, 0.5) is 18.9 Å². The zero-order valence-corrected chi connectivity index (χ0v) is 15.9. The molecule has 3 rings (SSSR count). The minimum Gasteiger partial charge on any atom is -0.322 e. The zero-order chi connectivity index (χ0) is 20.5. The Labute approximate surface area is 164 Å². The van der Waals surface area contributed by atoms with Gasteiger partial charge < -0.3 is 5.32 Å². The van der Waals surface area contributed by atoms with Crippen molar-refractivity contribution in [1.29, 1.82) is 0 Å². The molecule has 1 saturated heterocycles. The van der Waals surface area contributed by atoms with E-state index in [0.717, 1.165) is 26.8 Å². The van der Waals surface area contributed by atoms with Gasteiger partial charge in [-0.1, -0.05) is 17.7 Å². The average molecular weight is 434 g/mol. The van der Waals surface area contributed by atoms with E-state index in [0.29, 0.717) is 11.6 Å². The summed E-state index contributed by atoms with van der Waals surface area (Å²) in [6, 6.07) is 6.27. The van der Waals surface area contributed by atoms with E-state index < -0.39 is 40.1 Å². The van der Waals surface area contributed by atoms with Gasteiger partial charge in [0, 0.05) is 30.7 Å². The van der Waals surface area contributed by atoms with Gasteiger partial charge in [0.25, 0.3) is 10.2 Å². The summed E-state index contributed by atoms with van der Waals surface area (Å²) in [6.07, 6.45) is 0.